The van der Waals surface area contributed by atoms with Crippen LogP contribution >= 0.6 is 0 Å². The summed E-state index contributed by atoms with van der Waals surface area (Å²) in [5, 5.41) is 5.47. The summed E-state index contributed by atoms with van der Waals surface area (Å²) in [5.41, 5.74) is 1.75. The third-order valence-corrected chi connectivity index (χ3v) is 5.41. The highest BCUT2D eigenvalue weighted by molar-refractivity contribution is 6.13. The second-order valence-corrected chi connectivity index (χ2v) is 8.41. The van der Waals surface area contributed by atoms with E-state index >= 15 is 0 Å². The van der Waals surface area contributed by atoms with Gasteiger partial charge in [0.15, 0.2) is 0 Å². The first-order valence-corrected chi connectivity index (χ1v) is 13.9. The van der Waals surface area contributed by atoms with Crippen molar-refractivity contribution in [2.45, 2.75) is 39.5 Å². The molecule has 0 spiro atoms. The van der Waals surface area contributed by atoms with Crippen LogP contribution in [0, 0.1) is 0 Å². The summed E-state index contributed by atoms with van der Waals surface area (Å²) in [7, 11) is 0. The van der Waals surface area contributed by atoms with Gasteiger partial charge in [-0.15, -0.1) is 0 Å². The lowest BCUT2D eigenvalue weighted by Crippen LogP contribution is -2.35. The van der Waals surface area contributed by atoms with E-state index in [-0.39, 0.29) is 37.8 Å². The number of aldehydes is 1. The van der Waals surface area contributed by atoms with E-state index in [2.05, 4.69) is 10.6 Å². The van der Waals surface area contributed by atoms with Crippen LogP contribution in [-0.2, 0) is 49.3 Å². The van der Waals surface area contributed by atoms with Gasteiger partial charge in [-0.25, -0.2) is 0 Å². The molecule has 0 aliphatic carbocycles. The number of carbonyl (C=O) groups is 5. The van der Waals surface area contributed by atoms with Crippen molar-refractivity contribution in [3.05, 3.63) is 42.0 Å². The number of hydrogen-bond acceptors (Lipinski definition) is 9. The summed E-state index contributed by atoms with van der Waals surface area (Å²) in [6.45, 7) is 7.30. The number of anilines is 1. The zero-order chi connectivity index (χ0) is 30.1. The lowest BCUT2D eigenvalue weighted by molar-refractivity contribution is -0.137. The van der Waals surface area contributed by atoms with Gasteiger partial charge < -0.3 is 34.4 Å². The molecule has 0 atom stereocenters. The van der Waals surface area contributed by atoms with E-state index in [1.165, 1.54) is 12.2 Å². The van der Waals surface area contributed by atoms with Gasteiger partial charge in [0.25, 0.3) is 11.8 Å². The highest BCUT2D eigenvalue weighted by Gasteiger charge is 2.23. The second-order valence-electron chi connectivity index (χ2n) is 8.41. The lowest BCUT2D eigenvalue weighted by Gasteiger charge is -2.13. The molecule has 0 aromatic heterocycles. The number of rotatable bonds is 22. The van der Waals surface area contributed by atoms with Crippen LogP contribution in [-0.4, -0.2) is 101 Å². The normalized spacial score (nSPS) is 12.2. The van der Waals surface area contributed by atoms with Gasteiger partial charge in [-0.1, -0.05) is 26.0 Å². The van der Waals surface area contributed by atoms with E-state index in [1.807, 2.05) is 38.1 Å². The van der Waals surface area contributed by atoms with Gasteiger partial charge in [0, 0.05) is 43.8 Å². The van der Waals surface area contributed by atoms with Gasteiger partial charge in [0.2, 0.25) is 11.8 Å². The molecule has 1 aliphatic rings. The Balaban J connectivity index is 0.00000411. The molecule has 228 valence electrons. The van der Waals surface area contributed by atoms with Crippen LogP contribution in [0.3, 0.4) is 0 Å². The van der Waals surface area contributed by atoms with E-state index in [9.17, 15) is 24.0 Å². The van der Waals surface area contributed by atoms with Crippen LogP contribution in [0.1, 0.15) is 38.7 Å². The number of benzene rings is 1. The fourth-order valence-corrected chi connectivity index (χ4v) is 3.35. The number of nitrogens with zero attached hydrogens (tertiary/aromatic N) is 1. The molecule has 1 aliphatic heterocycles. The van der Waals surface area contributed by atoms with Crippen LogP contribution in [0.2, 0.25) is 0 Å². The number of aryl methyl sites for hydroxylation is 1. The van der Waals surface area contributed by atoms with Crippen LogP contribution in [0.15, 0.2) is 36.4 Å². The molecular formula is C29H43N3O9. The van der Waals surface area contributed by atoms with Crippen molar-refractivity contribution in [1.82, 2.24) is 10.2 Å². The summed E-state index contributed by atoms with van der Waals surface area (Å²) in [5.74, 6) is -1.21. The second kappa shape index (κ2) is 23.3. The molecule has 1 heterocycles. The van der Waals surface area contributed by atoms with Crippen molar-refractivity contribution in [1.29, 1.82) is 0 Å². The third-order valence-electron chi connectivity index (χ3n) is 5.41. The molecule has 1 aromatic rings. The Hall–Kier alpha value is -3.45. The first-order valence-electron chi connectivity index (χ1n) is 13.9. The monoisotopic (exact) mass is 577 g/mol. The van der Waals surface area contributed by atoms with Crippen molar-refractivity contribution in [3.8, 4) is 0 Å². The Morgan fingerprint density at radius 1 is 0.756 bits per heavy atom. The Labute approximate surface area is 241 Å². The van der Waals surface area contributed by atoms with Gasteiger partial charge in [0.05, 0.1) is 59.3 Å². The van der Waals surface area contributed by atoms with Crippen molar-refractivity contribution in [3.63, 3.8) is 0 Å². The molecule has 4 amide bonds. The Bertz CT molecular complexity index is 933. The standard InChI is InChI=1S/C27H37N3O9.C2H6/c31-13-1-2-22-3-5-23(6-4-22)29-25(33)10-14-36-16-18-38-20-21-39-19-17-37-15-11-28-24(32)9-12-30-26(34)7-8-27(30)35;1-2/h3-8,13H,1-2,9-12,14-21H2,(H,28,32)(H,29,33);1-2H3. The summed E-state index contributed by atoms with van der Waals surface area (Å²) < 4.78 is 21.6. The Kier molecular flexibility index (Phi) is 20.2. The average Bonchev–Trinajstić information content (AvgIpc) is 3.31. The van der Waals surface area contributed by atoms with E-state index in [4.69, 9.17) is 18.9 Å². The molecule has 41 heavy (non-hydrogen) atoms. The molecule has 0 bridgehead atoms. The molecule has 2 N–H and O–H groups in total. The Morgan fingerprint density at radius 2 is 1.29 bits per heavy atom. The maximum atomic E-state index is 12.0. The van der Waals surface area contributed by atoms with Crippen LogP contribution in [0.25, 0.3) is 0 Å². The zero-order valence-corrected chi connectivity index (χ0v) is 24.1. The molecule has 0 fully saturated rings. The molecule has 12 nitrogen and oxygen atoms in total. The quantitative estimate of drug-likeness (QED) is 0.119. The molecule has 0 saturated heterocycles. The minimum Gasteiger partial charge on any atom is -0.379 e. The van der Waals surface area contributed by atoms with E-state index in [0.29, 0.717) is 71.3 Å². The van der Waals surface area contributed by atoms with E-state index < -0.39 is 11.8 Å². The topological polar surface area (TPSA) is 150 Å². The molecule has 2 rings (SSSR count). The average molecular weight is 578 g/mol. The van der Waals surface area contributed by atoms with Crippen molar-refractivity contribution in [2.75, 3.05) is 71.3 Å². The first kappa shape index (κ1) is 35.6. The number of imide groups is 1. The highest BCUT2D eigenvalue weighted by Crippen LogP contribution is 2.11. The number of carbonyl (C=O) groups excluding carboxylic acids is 5. The summed E-state index contributed by atoms with van der Waals surface area (Å²) >= 11 is 0. The van der Waals surface area contributed by atoms with Crippen LogP contribution in [0.5, 0.6) is 0 Å². The summed E-state index contributed by atoms with van der Waals surface area (Å²) in [6.07, 6.45) is 4.71. The van der Waals surface area contributed by atoms with Crippen molar-refractivity contribution >= 4 is 35.6 Å². The third kappa shape index (κ3) is 17.1. The molecule has 0 radical (unpaired) electrons. The van der Waals surface area contributed by atoms with Crippen molar-refractivity contribution in [2.24, 2.45) is 0 Å². The summed E-state index contributed by atoms with van der Waals surface area (Å²) in [6, 6.07) is 7.41. The minimum absolute atomic E-state index is 0.0448. The van der Waals surface area contributed by atoms with Crippen LogP contribution in [0.4, 0.5) is 5.69 Å². The fourth-order valence-electron chi connectivity index (χ4n) is 3.35. The summed E-state index contributed by atoms with van der Waals surface area (Å²) in [4.78, 5) is 58.0. The van der Waals surface area contributed by atoms with Crippen LogP contribution < -0.4 is 10.6 Å². The number of nitrogens with one attached hydrogen (secondary N) is 2. The maximum Gasteiger partial charge on any atom is 0.253 e. The van der Waals surface area contributed by atoms with Gasteiger partial charge in [-0.3, -0.25) is 24.1 Å². The van der Waals surface area contributed by atoms with Crippen molar-refractivity contribution < 1.29 is 42.9 Å². The predicted molar refractivity (Wildman–Crippen MR) is 152 cm³/mol. The smallest absolute Gasteiger partial charge is 0.253 e. The SMILES string of the molecule is CC.O=CCCc1ccc(NC(=O)CCOCCOCCOCCOCCNC(=O)CCN2C(=O)C=CC2=O)cc1. The minimum atomic E-state index is -0.403. The fraction of sp³-hybridized carbons (Fsp3) is 0.552. The first-order chi connectivity index (χ1) is 20.0. The largest absolute Gasteiger partial charge is 0.379 e. The Morgan fingerprint density at radius 3 is 1.85 bits per heavy atom. The molecule has 0 unspecified atom stereocenters. The number of hydrogen-bond donors (Lipinski definition) is 2. The van der Waals surface area contributed by atoms with E-state index in [0.717, 1.165) is 16.7 Å². The zero-order valence-electron chi connectivity index (χ0n) is 24.1. The molecular weight excluding hydrogens is 534 g/mol. The van der Waals surface area contributed by atoms with E-state index in [1.54, 1.807) is 0 Å². The molecule has 0 saturated carbocycles. The highest BCUT2D eigenvalue weighted by atomic mass is 16.6. The predicted octanol–water partition coefficient (Wildman–Crippen LogP) is 1.67. The van der Waals surface area contributed by atoms with Gasteiger partial charge in [-0.2, -0.15) is 0 Å². The molecule has 12 heteroatoms. The van der Waals surface area contributed by atoms with Gasteiger partial charge >= 0.3 is 0 Å². The maximum absolute atomic E-state index is 12.0. The lowest BCUT2D eigenvalue weighted by atomic mass is 10.1. The van der Waals surface area contributed by atoms with Gasteiger partial charge in [-0.05, 0) is 24.1 Å². The number of ether oxygens (including phenoxy) is 4. The van der Waals surface area contributed by atoms with Gasteiger partial charge in [0.1, 0.15) is 6.29 Å². The molecule has 1 aromatic carbocycles. The number of amides is 4.